The van der Waals surface area contributed by atoms with E-state index in [1.807, 2.05) is 31.2 Å². The first kappa shape index (κ1) is 18.7. The molecule has 2 N–H and O–H groups in total. The van der Waals surface area contributed by atoms with Crippen molar-refractivity contribution in [1.82, 2.24) is 5.32 Å². The Morgan fingerprint density at radius 1 is 1.33 bits per heavy atom. The first-order valence-corrected chi connectivity index (χ1v) is 8.89. The number of benzene rings is 1. The number of carbonyl (C=O) groups excluding carboxylic acids is 2. The molecule has 1 unspecified atom stereocenters. The number of hydrogen-bond acceptors (Lipinski definition) is 4. The summed E-state index contributed by atoms with van der Waals surface area (Å²) in [6.45, 7) is 4.01. The number of nitrogens with one attached hydrogen (secondary N) is 1. The summed E-state index contributed by atoms with van der Waals surface area (Å²) < 4.78 is 5.36. The second-order valence-electron chi connectivity index (χ2n) is 6.59. The van der Waals surface area contributed by atoms with E-state index in [1.165, 1.54) is 6.07 Å². The van der Waals surface area contributed by atoms with E-state index >= 15 is 0 Å². The Hall–Kier alpha value is -3.09. The highest BCUT2D eigenvalue weighted by Crippen LogP contribution is 2.28. The minimum Gasteiger partial charge on any atom is -0.478 e. The molecule has 27 heavy (non-hydrogen) atoms. The molecule has 1 fully saturated rings. The van der Waals surface area contributed by atoms with Crippen LogP contribution >= 0.6 is 0 Å². The molecule has 2 amide bonds. The number of carboxylic acid groups (broad SMARTS) is 1. The van der Waals surface area contributed by atoms with Crippen molar-refractivity contribution in [1.29, 1.82) is 0 Å². The van der Waals surface area contributed by atoms with Gasteiger partial charge in [0.2, 0.25) is 11.8 Å². The largest absolute Gasteiger partial charge is 0.478 e. The number of aromatic carboxylic acids is 1. The molecule has 1 aromatic heterocycles. The number of carbonyl (C=O) groups is 3. The third kappa shape index (κ3) is 3.86. The molecule has 3 rings (SSSR count). The maximum Gasteiger partial charge on any atom is 0.339 e. The topological polar surface area (TPSA) is 99.8 Å². The van der Waals surface area contributed by atoms with Gasteiger partial charge in [-0.15, -0.1) is 0 Å². The van der Waals surface area contributed by atoms with E-state index in [2.05, 4.69) is 5.32 Å². The van der Waals surface area contributed by atoms with Gasteiger partial charge in [0, 0.05) is 18.7 Å². The van der Waals surface area contributed by atoms with Crippen molar-refractivity contribution in [3.8, 4) is 0 Å². The summed E-state index contributed by atoms with van der Waals surface area (Å²) in [6, 6.07) is 9.10. The van der Waals surface area contributed by atoms with E-state index in [0.717, 1.165) is 17.7 Å². The first-order chi connectivity index (χ1) is 12.9. The zero-order valence-electron chi connectivity index (χ0n) is 15.3. The summed E-state index contributed by atoms with van der Waals surface area (Å²) in [4.78, 5) is 37.6. The zero-order valence-corrected chi connectivity index (χ0v) is 15.3. The molecule has 1 aliphatic rings. The van der Waals surface area contributed by atoms with Gasteiger partial charge in [-0.25, -0.2) is 4.79 Å². The predicted octanol–water partition coefficient (Wildman–Crippen LogP) is 2.52. The van der Waals surface area contributed by atoms with Gasteiger partial charge in [-0.2, -0.15) is 0 Å². The van der Waals surface area contributed by atoms with E-state index in [0.29, 0.717) is 18.1 Å². The van der Waals surface area contributed by atoms with Crippen molar-refractivity contribution in [3.05, 3.63) is 53.0 Å². The highest BCUT2D eigenvalue weighted by atomic mass is 16.4. The number of amides is 2. The highest BCUT2D eigenvalue weighted by molar-refractivity contribution is 6.00. The monoisotopic (exact) mass is 370 g/mol. The van der Waals surface area contributed by atoms with Gasteiger partial charge in [0.1, 0.15) is 17.1 Å². The molecule has 7 nitrogen and oxygen atoms in total. The third-order valence-electron chi connectivity index (χ3n) is 4.80. The quantitative estimate of drug-likeness (QED) is 0.814. The lowest BCUT2D eigenvalue weighted by Crippen LogP contribution is -2.32. The molecule has 7 heteroatoms. The molecule has 142 valence electrons. The van der Waals surface area contributed by atoms with Gasteiger partial charge in [-0.05, 0) is 31.0 Å². The average Bonchev–Trinajstić information content (AvgIpc) is 3.22. The summed E-state index contributed by atoms with van der Waals surface area (Å²) in [5.74, 6) is -1.16. The second kappa shape index (κ2) is 7.65. The standard InChI is InChI=1S/C20H22N2O5/c1-3-13-6-4-5-7-17(13)22-11-14(8-18(22)23)19(24)21-10-15-9-16(20(25)26)12(2)27-15/h4-7,9,14H,3,8,10-11H2,1-2H3,(H,21,24)(H,25,26). The number of furan rings is 1. The number of aryl methyl sites for hydroxylation is 2. The molecule has 1 aliphatic heterocycles. The molecular formula is C20H22N2O5. The Balaban J connectivity index is 1.64. The van der Waals surface area contributed by atoms with Gasteiger partial charge < -0.3 is 19.7 Å². The molecule has 2 aromatic rings. The van der Waals surface area contributed by atoms with Crippen LogP contribution in [-0.4, -0.2) is 29.4 Å². The first-order valence-electron chi connectivity index (χ1n) is 8.89. The van der Waals surface area contributed by atoms with E-state index in [4.69, 9.17) is 9.52 Å². The van der Waals surface area contributed by atoms with E-state index < -0.39 is 11.9 Å². The Morgan fingerprint density at radius 2 is 2.07 bits per heavy atom. The van der Waals surface area contributed by atoms with Crippen molar-refractivity contribution in [2.75, 3.05) is 11.4 Å². The molecule has 0 radical (unpaired) electrons. The lowest BCUT2D eigenvalue weighted by Gasteiger charge is -2.19. The Bertz CT molecular complexity index is 886. The van der Waals surface area contributed by atoms with Crippen LogP contribution < -0.4 is 10.2 Å². The Kier molecular flexibility index (Phi) is 5.30. The summed E-state index contributed by atoms with van der Waals surface area (Å²) in [5, 5.41) is 11.8. The van der Waals surface area contributed by atoms with Gasteiger partial charge in [0.25, 0.3) is 0 Å². The van der Waals surface area contributed by atoms with E-state index in [-0.39, 0.29) is 30.3 Å². The number of hydrogen-bond donors (Lipinski definition) is 2. The maximum absolute atomic E-state index is 12.5. The zero-order chi connectivity index (χ0) is 19.6. The lowest BCUT2D eigenvalue weighted by atomic mass is 10.1. The van der Waals surface area contributed by atoms with Gasteiger partial charge in [-0.3, -0.25) is 9.59 Å². The molecule has 1 aromatic carbocycles. The van der Waals surface area contributed by atoms with Crippen LogP contribution in [-0.2, 0) is 22.6 Å². The average molecular weight is 370 g/mol. The van der Waals surface area contributed by atoms with Crippen molar-refractivity contribution < 1.29 is 23.9 Å². The molecular weight excluding hydrogens is 348 g/mol. The molecule has 0 bridgehead atoms. The number of carboxylic acids is 1. The van der Waals surface area contributed by atoms with Gasteiger partial charge in [0.15, 0.2) is 0 Å². The number of anilines is 1. The van der Waals surface area contributed by atoms with Gasteiger partial charge in [-0.1, -0.05) is 25.1 Å². The van der Waals surface area contributed by atoms with Crippen molar-refractivity contribution in [2.45, 2.75) is 33.2 Å². The van der Waals surface area contributed by atoms with Crippen LogP contribution in [0.3, 0.4) is 0 Å². The fourth-order valence-electron chi connectivity index (χ4n) is 3.35. The van der Waals surface area contributed by atoms with E-state index in [9.17, 15) is 14.4 Å². The van der Waals surface area contributed by atoms with Crippen molar-refractivity contribution in [2.24, 2.45) is 5.92 Å². The Labute approximate surface area is 157 Å². The van der Waals surface area contributed by atoms with Crippen LogP contribution in [0.15, 0.2) is 34.7 Å². The van der Waals surface area contributed by atoms with E-state index in [1.54, 1.807) is 11.8 Å². The molecule has 0 saturated carbocycles. The summed E-state index contributed by atoms with van der Waals surface area (Å²) in [6.07, 6.45) is 0.960. The summed E-state index contributed by atoms with van der Waals surface area (Å²) in [5.41, 5.74) is 2.00. The van der Waals surface area contributed by atoms with Gasteiger partial charge in [0.05, 0.1) is 12.5 Å². The smallest absolute Gasteiger partial charge is 0.339 e. The lowest BCUT2D eigenvalue weighted by molar-refractivity contribution is -0.126. The second-order valence-corrected chi connectivity index (χ2v) is 6.59. The molecule has 1 saturated heterocycles. The molecule has 0 aliphatic carbocycles. The SMILES string of the molecule is CCc1ccccc1N1CC(C(=O)NCc2cc(C(=O)O)c(C)o2)CC1=O. The fraction of sp³-hybridized carbons (Fsp3) is 0.350. The maximum atomic E-state index is 12.5. The van der Waals surface area contributed by atoms with Crippen molar-refractivity contribution >= 4 is 23.5 Å². The van der Waals surface area contributed by atoms with Crippen LogP contribution in [0, 0.1) is 12.8 Å². The Morgan fingerprint density at radius 3 is 2.74 bits per heavy atom. The van der Waals surface area contributed by atoms with Crippen LogP contribution in [0.4, 0.5) is 5.69 Å². The normalized spacial score (nSPS) is 16.6. The predicted molar refractivity (Wildman–Crippen MR) is 98.5 cm³/mol. The molecule has 2 heterocycles. The minimum absolute atomic E-state index is 0.0712. The van der Waals surface area contributed by atoms with Gasteiger partial charge >= 0.3 is 5.97 Å². The van der Waals surface area contributed by atoms with Crippen LogP contribution in [0.1, 0.15) is 40.8 Å². The van der Waals surface area contributed by atoms with Crippen LogP contribution in [0.5, 0.6) is 0 Å². The van der Waals surface area contributed by atoms with Crippen LogP contribution in [0.25, 0.3) is 0 Å². The number of nitrogens with zero attached hydrogens (tertiary/aromatic N) is 1. The molecule has 0 spiro atoms. The van der Waals surface area contributed by atoms with Crippen molar-refractivity contribution in [3.63, 3.8) is 0 Å². The third-order valence-corrected chi connectivity index (χ3v) is 4.80. The molecule has 1 atom stereocenters. The minimum atomic E-state index is -1.07. The highest BCUT2D eigenvalue weighted by Gasteiger charge is 2.35. The van der Waals surface area contributed by atoms with Crippen LogP contribution in [0.2, 0.25) is 0 Å². The summed E-state index contributed by atoms with van der Waals surface area (Å²) >= 11 is 0. The summed E-state index contributed by atoms with van der Waals surface area (Å²) in [7, 11) is 0. The number of rotatable bonds is 6. The number of para-hydroxylation sites is 1. The fourth-order valence-corrected chi connectivity index (χ4v) is 3.35.